The predicted molar refractivity (Wildman–Crippen MR) is 46.3 cm³/mol. The second-order valence-electron chi connectivity index (χ2n) is 2.92. The number of ether oxygens (including phenoxy) is 2. The van der Waals surface area contributed by atoms with Gasteiger partial charge >= 0.3 is 0 Å². The van der Waals surface area contributed by atoms with E-state index in [0.717, 1.165) is 25.4 Å². The quantitative estimate of drug-likeness (QED) is 0.664. The molecule has 64 valence electrons. The number of benzene rings is 1. The lowest BCUT2D eigenvalue weighted by Crippen LogP contribution is -2.15. The Bertz CT molecular complexity index is 227. The Labute approximate surface area is 72.1 Å². The van der Waals surface area contributed by atoms with Crippen LogP contribution < -0.4 is 4.74 Å². The van der Waals surface area contributed by atoms with Crippen molar-refractivity contribution in [2.45, 2.75) is 12.5 Å². The lowest BCUT2D eigenvalue weighted by molar-refractivity contribution is 0.141. The molecule has 1 fully saturated rings. The highest BCUT2D eigenvalue weighted by molar-refractivity contribution is 5.21. The highest BCUT2D eigenvalue weighted by atomic mass is 16.5. The van der Waals surface area contributed by atoms with Gasteiger partial charge in [0.2, 0.25) is 0 Å². The maximum absolute atomic E-state index is 5.65. The van der Waals surface area contributed by atoms with Crippen molar-refractivity contribution in [1.29, 1.82) is 0 Å². The fourth-order valence-electron chi connectivity index (χ4n) is 1.30. The van der Waals surface area contributed by atoms with Crippen LogP contribution in [0.4, 0.5) is 0 Å². The van der Waals surface area contributed by atoms with E-state index in [-0.39, 0.29) is 6.10 Å². The van der Waals surface area contributed by atoms with Crippen LogP contribution in [0.3, 0.4) is 0 Å². The van der Waals surface area contributed by atoms with Crippen LogP contribution in [0.1, 0.15) is 6.42 Å². The summed E-state index contributed by atoms with van der Waals surface area (Å²) in [6, 6.07) is 9.88. The largest absolute Gasteiger partial charge is 0.488 e. The van der Waals surface area contributed by atoms with Crippen molar-refractivity contribution in [3.05, 3.63) is 30.3 Å². The summed E-state index contributed by atoms with van der Waals surface area (Å²) in [6.07, 6.45) is 1.27. The van der Waals surface area contributed by atoms with Crippen LogP contribution in [0.5, 0.6) is 5.75 Å². The zero-order valence-corrected chi connectivity index (χ0v) is 6.90. The molecule has 12 heavy (non-hydrogen) atoms. The van der Waals surface area contributed by atoms with Crippen molar-refractivity contribution < 1.29 is 9.47 Å². The van der Waals surface area contributed by atoms with Crippen molar-refractivity contribution in [1.82, 2.24) is 0 Å². The van der Waals surface area contributed by atoms with Gasteiger partial charge in [-0.3, -0.25) is 0 Å². The minimum Gasteiger partial charge on any atom is -0.488 e. The number of para-hydroxylation sites is 1. The molecule has 2 nitrogen and oxygen atoms in total. The lowest BCUT2D eigenvalue weighted by Gasteiger charge is -2.10. The molecule has 0 bridgehead atoms. The Morgan fingerprint density at radius 2 is 2.08 bits per heavy atom. The first-order valence-electron chi connectivity index (χ1n) is 4.24. The smallest absolute Gasteiger partial charge is 0.124 e. The predicted octanol–water partition coefficient (Wildman–Crippen LogP) is 1.85. The topological polar surface area (TPSA) is 18.5 Å². The van der Waals surface area contributed by atoms with Crippen LogP contribution >= 0.6 is 0 Å². The van der Waals surface area contributed by atoms with E-state index in [4.69, 9.17) is 9.47 Å². The molecule has 1 aliphatic rings. The van der Waals surface area contributed by atoms with Crippen LogP contribution in [0.15, 0.2) is 30.3 Å². The fourth-order valence-corrected chi connectivity index (χ4v) is 1.30. The third kappa shape index (κ3) is 1.77. The van der Waals surface area contributed by atoms with Gasteiger partial charge < -0.3 is 9.47 Å². The molecule has 0 saturated carbocycles. The Kier molecular flexibility index (Phi) is 2.28. The average Bonchev–Trinajstić information content (AvgIpc) is 2.59. The molecular formula is C10H12O2. The van der Waals surface area contributed by atoms with Gasteiger partial charge in [-0.2, -0.15) is 0 Å². The van der Waals surface area contributed by atoms with Crippen LogP contribution in [-0.2, 0) is 4.74 Å². The summed E-state index contributed by atoms with van der Waals surface area (Å²) in [5, 5.41) is 0. The third-order valence-corrected chi connectivity index (χ3v) is 1.93. The zero-order chi connectivity index (χ0) is 8.23. The second-order valence-corrected chi connectivity index (χ2v) is 2.92. The molecule has 0 amide bonds. The van der Waals surface area contributed by atoms with E-state index in [9.17, 15) is 0 Å². The van der Waals surface area contributed by atoms with Crippen molar-refractivity contribution in [3.8, 4) is 5.75 Å². The minimum atomic E-state index is 0.257. The molecular weight excluding hydrogens is 152 g/mol. The fraction of sp³-hybridized carbons (Fsp3) is 0.400. The van der Waals surface area contributed by atoms with Gasteiger partial charge in [-0.1, -0.05) is 18.2 Å². The van der Waals surface area contributed by atoms with Gasteiger partial charge in [0.25, 0.3) is 0 Å². The van der Waals surface area contributed by atoms with Crippen molar-refractivity contribution in [2.24, 2.45) is 0 Å². The maximum atomic E-state index is 5.65. The van der Waals surface area contributed by atoms with E-state index in [2.05, 4.69) is 0 Å². The minimum absolute atomic E-state index is 0.257. The molecule has 1 aromatic carbocycles. The van der Waals surface area contributed by atoms with Crippen LogP contribution in [0.2, 0.25) is 0 Å². The molecule has 2 heteroatoms. The van der Waals surface area contributed by atoms with Gasteiger partial charge in [0, 0.05) is 6.42 Å². The summed E-state index contributed by atoms with van der Waals surface area (Å²) >= 11 is 0. The molecule has 1 heterocycles. The highest BCUT2D eigenvalue weighted by Crippen LogP contribution is 2.15. The molecule has 1 atom stereocenters. The zero-order valence-electron chi connectivity index (χ0n) is 6.90. The molecule has 0 aromatic heterocycles. The molecule has 0 aliphatic carbocycles. The number of rotatable bonds is 2. The van der Waals surface area contributed by atoms with E-state index in [1.165, 1.54) is 0 Å². The normalized spacial score (nSPS) is 22.5. The van der Waals surface area contributed by atoms with Gasteiger partial charge in [0.15, 0.2) is 0 Å². The van der Waals surface area contributed by atoms with E-state index < -0.39 is 0 Å². The van der Waals surface area contributed by atoms with Gasteiger partial charge in [-0.05, 0) is 12.1 Å². The Morgan fingerprint density at radius 1 is 1.25 bits per heavy atom. The Hall–Kier alpha value is -1.02. The highest BCUT2D eigenvalue weighted by Gasteiger charge is 2.16. The first-order chi connectivity index (χ1) is 5.95. The third-order valence-electron chi connectivity index (χ3n) is 1.93. The maximum Gasteiger partial charge on any atom is 0.124 e. The van der Waals surface area contributed by atoms with E-state index in [0.29, 0.717) is 0 Å². The van der Waals surface area contributed by atoms with Crippen molar-refractivity contribution >= 4 is 0 Å². The van der Waals surface area contributed by atoms with Crippen LogP contribution in [0.25, 0.3) is 0 Å². The standard InChI is InChI=1S/C10H12O2/c1-2-4-9(5-3-1)12-10-6-7-11-8-10/h1-5,10H,6-8H2. The van der Waals surface area contributed by atoms with Gasteiger partial charge in [0.1, 0.15) is 11.9 Å². The van der Waals surface area contributed by atoms with E-state index >= 15 is 0 Å². The molecule has 0 spiro atoms. The SMILES string of the molecule is c1ccc(OC2CCOC2)cc1. The second kappa shape index (κ2) is 3.59. The number of hydrogen-bond acceptors (Lipinski definition) is 2. The molecule has 1 saturated heterocycles. The summed E-state index contributed by atoms with van der Waals surface area (Å²) in [7, 11) is 0. The van der Waals surface area contributed by atoms with Crippen LogP contribution in [0, 0.1) is 0 Å². The Balaban J connectivity index is 1.94. The Morgan fingerprint density at radius 3 is 2.75 bits per heavy atom. The van der Waals surface area contributed by atoms with E-state index in [1.807, 2.05) is 30.3 Å². The number of hydrogen-bond donors (Lipinski definition) is 0. The van der Waals surface area contributed by atoms with E-state index in [1.54, 1.807) is 0 Å². The molecule has 0 radical (unpaired) electrons. The molecule has 1 unspecified atom stereocenters. The monoisotopic (exact) mass is 164 g/mol. The summed E-state index contributed by atoms with van der Waals surface area (Å²) in [5.41, 5.74) is 0. The van der Waals surface area contributed by atoms with Crippen molar-refractivity contribution in [2.75, 3.05) is 13.2 Å². The molecule has 1 aromatic rings. The summed E-state index contributed by atoms with van der Waals surface area (Å²) in [6.45, 7) is 1.56. The molecule has 0 N–H and O–H groups in total. The summed E-state index contributed by atoms with van der Waals surface area (Å²) in [4.78, 5) is 0. The van der Waals surface area contributed by atoms with Crippen molar-refractivity contribution in [3.63, 3.8) is 0 Å². The average molecular weight is 164 g/mol. The molecule has 2 rings (SSSR count). The van der Waals surface area contributed by atoms with Gasteiger partial charge in [-0.15, -0.1) is 0 Å². The first-order valence-corrected chi connectivity index (χ1v) is 4.24. The van der Waals surface area contributed by atoms with Crippen LogP contribution in [-0.4, -0.2) is 19.3 Å². The lowest BCUT2D eigenvalue weighted by atomic mass is 10.3. The first kappa shape index (κ1) is 7.62. The summed E-state index contributed by atoms with van der Waals surface area (Å²) < 4.78 is 10.9. The van der Waals surface area contributed by atoms with Gasteiger partial charge in [0.05, 0.1) is 13.2 Å². The summed E-state index contributed by atoms with van der Waals surface area (Å²) in [5.74, 6) is 0.938. The molecule has 1 aliphatic heterocycles. The van der Waals surface area contributed by atoms with Gasteiger partial charge in [-0.25, -0.2) is 0 Å².